The van der Waals surface area contributed by atoms with Crippen molar-refractivity contribution in [2.24, 2.45) is 4.99 Å². The second kappa shape index (κ2) is 12.0. The highest BCUT2D eigenvalue weighted by Crippen LogP contribution is 2.26. The molecule has 0 aromatic heterocycles. The number of benzene rings is 1. The number of amides is 1. The predicted octanol–water partition coefficient (Wildman–Crippen LogP) is 0.732. The van der Waals surface area contributed by atoms with Gasteiger partial charge in [-0.1, -0.05) is 12.1 Å². The van der Waals surface area contributed by atoms with E-state index in [0.29, 0.717) is 37.2 Å². The lowest BCUT2D eigenvalue weighted by molar-refractivity contribution is -0.127. The van der Waals surface area contributed by atoms with E-state index in [0.717, 1.165) is 0 Å². The quantitative estimate of drug-likeness (QED) is 0.361. The number of aliphatic imine (C=N–C) groups is 1. The summed E-state index contributed by atoms with van der Waals surface area (Å²) in [5, 5.41) is 6.30. The number of rotatable bonds is 10. The summed E-state index contributed by atoms with van der Waals surface area (Å²) in [7, 11) is 6.64. The predicted molar refractivity (Wildman–Crippen MR) is 102 cm³/mol. The van der Waals surface area contributed by atoms with Crippen molar-refractivity contribution in [1.82, 2.24) is 15.5 Å². The van der Waals surface area contributed by atoms with Crippen molar-refractivity contribution in [1.29, 1.82) is 0 Å². The molecule has 8 heteroatoms. The Morgan fingerprint density at radius 3 is 2.50 bits per heavy atom. The second-order valence-corrected chi connectivity index (χ2v) is 5.83. The standard InChI is InChI=1S/C18H30N4O4/c1-14(26-16-9-7-6-8-15(16)25-5)12-20-18(19-10-11-24-4)21-13-17(23)22(2)3/h6-9,14H,10-13H2,1-5H3,(H2,19,20,21). The summed E-state index contributed by atoms with van der Waals surface area (Å²) in [6, 6.07) is 7.49. The summed E-state index contributed by atoms with van der Waals surface area (Å²) in [4.78, 5) is 17.5. The molecular weight excluding hydrogens is 336 g/mol. The van der Waals surface area contributed by atoms with E-state index in [2.05, 4.69) is 15.6 Å². The molecule has 8 nitrogen and oxygen atoms in total. The SMILES string of the molecule is COCCNC(=NCC(=O)N(C)C)NCC(C)Oc1ccccc1OC. The highest BCUT2D eigenvalue weighted by molar-refractivity contribution is 5.84. The molecule has 0 heterocycles. The second-order valence-electron chi connectivity index (χ2n) is 5.83. The normalized spacial score (nSPS) is 12.3. The van der Waals surface area contributed by atoms with Gasteiger partial charge in [0.25, 0.3) is 0 Å². The maximum absolute atomic E-state index is 11.7. The number of hydrogen-bond acceptors (Lipinski definition) is 5. The third-order valence-corrected chi connectivity index (χ3v) is 3.42. The van der Waals surface area contributed by atoms with Crippen molar-refractivity contribution in [3.05, 3.63) is 24.3 Å². The summed E-state index contributed by atoms with van der Waals surface area (Å²) in [5.74, 6) is 1.82. The van der Waals surface area contributed by atoms with Gasteiger partial charge in [0, 0.05) is 27.7 Å². The van der Waals surface area contributed by atoms with Gasteiger partial charge in [0.15, 0.2) is 17.5 Å². The number of nitrogens with one attached hydrogen (secondary N) is 2. The van der Waals surface area contributed by atoms with Crippen LogP contribution in [0.15, 0.2) is 29.3 Å². The summed E-state index contributed by atoms with van der Waals surface area (Å²) in [5.41, 5.74) is 0. The van der Waals surface area contributed by atoms with E-state index in [4.69, 9.17) is 14.2 Å². The lowest BCUT2D eigenvalue weighted by atomic mass is 10.3. The van der Waals surface area contributed by atoms with E-state index >= 15 is 0 Å². The largest absolute Gasteiger partial charge is 0.493 e. The first-order valence-electron chi connectivity index (χ1n) is 8.48. The molecule has 2 N–H and O–H groups in total. The van der Waals surface area contributed by atoms with Crippen LogP contribution in [0.3, 0.4) is 0 Å². The fraction of sp³-hybridized carbons (Fsp3) is 0.556. The van der Waals surface area contributed by atoms with E-state index in [1.54, 1.807) is 28.3 Å². The third-order valence-electron chi connectivity index (χ3n) is 3.42. The molecule has 1 aromatic rings. The Kier molecular flexibility index (Phi) is 9.93. The van der Waals surface area contributed by atoms with Crippen molar-refractivity contribution in [3.8, 4) is 11.5 Å². The Morgan fingerprint density at radius 2 is 1.88 bits per heavy atom. The number of nitrogens with zero attached hydrogens (tertiary/aromatic N) is 2. The van der Waals surface area contributed by atoms with Gasteiger partial charge in [0.2, 0.25) is 5.91 Å². The number of hydrogen-bond donors (Lipinski definition) is 2. The van der Waals surface area contributed by atoms with E-state index < -0.39 is 0 Å². The molecule has 0 bridgehead atoms. The first kappa shape index (κ1) is 21.6. The number of methoxy groups -OCH3 is 2. The number of guanidine groups is 1. The maximum atomic E-state index is 11.7. The molecule has 0 saturated carbocycles. The smallest absolute Gasteiger partial charge is 0.243 e. The molecule has 0 spiro atoms. The fourth-order valence-corrected chi connectivity index (χ4v) is 1.95. The van der Waals surface area contributed by atoms with E-state index in [1.807, 2.05) is 31.2 Å². The number of carbonyl (C=O) groups is 1. The Morgan fingerprint density at radius 1 is 1.19 bits per heavy atom. The van der Waals surface area contributed by atoms with Crippen LogP contribution in [0.1, 0.15) is 6.92 Å². The van der Waals surface area contributed by atoms with Crippen LogP contribution in [0, 0.1) is 0 Å². The van der Waals surface area contributed by atoms with Crippen molar-refractivity contribution in [2.75, 3.05) is 54.6 Å². The van der Waals surface area contributed by atoms with Crippen LogP contribution >= 0.6 is 0 Å². The Balaban J connectivity index is 2.60. The number of para-hydroxylation sites is 2. The fourth-order valence-electron chi connectivity index (χ4n) is 1.95. The minimum atomic E-state index is -0.134. The molecule has 0 aliphatic carbocycles. The van der Waals surface area contributed by atoms with E-state index in [1.165, 1.54) is 4.90 Å². The van der Waals surface area contributed by atoms with E-state index in [9.17, 15) is 4.79 Å². The molecule has 1 unspecified atom stereocenters. The molecule has 146 valence electrons. The van der Waals surface area contributed by atoms with Crippen LogP contribution in [0.25, 0.3) is 0 Å². The van der Waals surface area contributed by atoms with Gasteiger partial charge in [-0.2, -0.15) is 0 Å². The van der Waals surface area contributed by atoms with Crippen LogP contribution in [0.4, 0.5) is 0 Å². The molecule has 1 amide bonds. The molecule has 0 radical (unpaired) electrons. The summed E-state index contributed by atoms with van der Waals surface area (Å²) < 4.78 is 16.2. The van der Waals surface area contributed by atoms with E-state index in [-0.39, 0.29) is 18.6 Å². The molecular formula is C18H30N4O4. The summed E-state index contributed by atoms with van der Waals surface area (Å²) >= 11 is 0. The number of ether oxygens (including phenoxy) is 3. The molecule has 0 saturated heterocycles. The van der Waals surface area contributed by atoms with Crippen molar-refractivity contribution < 1.29 is 19.0 Å². The summed E-state index contributed by atoms with van der Waals surface area (Å²) in [6.45, 7) is 3.64. The minimum absolute atomic E-state index is 0.0665. The van der Waals surface area contributed by atoms with Gasteiger partial charge in [-0.3, -0.25) is 4.79 Å². The van der Waals surface area contributed by atoms with Crippen LogP contribution in [-0.2, 0) is 9.53 Å². The zero-order valence-electron chi connectivity index (χ0n) is 16.2. The topological polar surface area (TPSA) is 84.4 Å². The van der Waals surface area contributed by atoms with Crippen molar-refractivity contribution in [2.45, 2.75) is 13.0 Å². The first-order valence-corrected chi connectivity index (χ1v) is 8.48. The molecule has 1 rings (SSSR count). The van der Waals surface area contributed by atoms with Gasteiger partial charge < -0.3 is 29.7 Å². The van der Waals surface area contributed by atoms with Crippen LogP contribution in [0.5, 0.6) is 11.5 Å². The number of likely N-dealkylation sites (N-methyl/N-ethyl adjacent to an activating group) is 1. The zero-order valence-corrected chi connectivity index (χ0v) is 16.2. The van der Waals surface area contributed by atoms with Gasteiger partial charge in [0.1, 0.15) is 12.6 Å². The average molecular weight is 366 g/mol. The molecule has 0 fully saturated rings. The Labute approximate surface area is 155 Å². The Hall–Kier alpha value is -2.48. The highest BCUT2D eigenvalue weighted by Gasteiger charge is 2.10. The van der Waals surface area contributed by atoms with Crippen LogP contribution in [-0.4, -0.2) is 77.4 Å². The Bertz CT molecular complexity index is 578. The van der Waals surface area contributed by atoms with Gasteiger partial charge >= 0.3 is 0 Å². The van der Waals surface area contributed by atoms with Gasteiger partial charge in [0.05, 0.1) is 20.3 Å². The van der Waals surface area contributed by atoms with Gasteiger partial charge in [-0.25, -0.2) is 4.99 Å². The zero-order chi connectivity index (χ0) is 19.4. The van der Waals surface area contributed by atoms with Crippen LogP contribution in [0.2, 0.25) is 0 Å². The lowest BCUT2D eigenvalue weighted by Crippen LogP contribution is -2.43. The minimum Gasteiger partial charge on any atom is -0.493 e. The molecule has 0 aliphatic heterocycles. The summed E-state index contributed by atoms with van der Waals surface area (Å²) in [6.07, 6.45) is -0.134. The van der Waals surface area contributed by atoms with Crippen molar-refractivity contribution in [3.63, 3.8) is 0 Å². The molecule has 1 atom stereocenters. The van der Waals surface area contributed by atoms with Gasteiger partial charge in [-0.15, -0.1) is 0 Å². The molecule has 26 heavy (non-hydrogen) atoms. The average Bonchev–Trinajstić information content (AvgIpc) is 2.63. The third kappa shape index (κ3) is 8.06. The number of carbonyl (C=O) groups excluding carboxylic acids is 1. The van der Waals surface area contributed by atoms with Crippen molar-refractivity contribution >= 4 is 11.9 Å². The lowest BCUT2D eigenvalue weighted by Gasteiger charge is -2.19. The maximum Gasteiger partial charge on any atom is 0.243 e. The highest BCUT2D eigenvalue weighted by atomic mass is 16.5. The molecule has 0 aliphatic rings. The monoisotopic (exact) mass is 366 g/mol. The van der Waals surface area contributed by atoms with Gasteiger partial charge in [-0.05, 0) is 19.1 Å². The van der Waals surface area contributed by atoms with Crippen LogP contribution < -0.4 is 20.1 Å². The first-order chi connectivity index (χ1) is 12.5. The molecule has 1 aromatic carbocycles.